The van der Waals surface area contributed by atoms with Crippen LogP contribution in [0.15, 0.2) is 54.6 Å². The van der Waals surface area contributed by atoms with E-state index in [0.29, 0.717) is 18.8 Å². The molecule has 1 fully saturated rings. The number of hydrogen-bond donors (Lipinski definition) is 0. The third-order valence-electron chi connectivity index (χ3n) is 3.44. The van der Waals surface area contributed by atoms with Crippen molar-refractivity contribution in [2.75, 3.05) is 13.2 Å². The summed E-state index contributed by atoms with van der Waals surface area (Å²) in [5.41, 5.74) is 0.633. The third kappa shape index (κ3) is 2.54. The molecule has 2 aromatic carbocycles. The Balaban J connectivity index is 2.03. The van der Waals surface area contributed by atoms with Crippen LogP contribution in [0.3, 0.4) is 0 Å². The van der Waals surface area contributed by atoms with E-state index < -0.39 is 17.5 Å². The van der Waals surface area contributed by atoms with Crippen molar-refractivity contribution < 1.29 is 22.6 Å². The van der Waals surface area contributed by atoms with Gasteiger partial charge in [-0.15, -0.1) is 0 Å². The first-order valence-electron chi connectivity index (χ1n) is 6.53. The maximum absolute atomic E-state index is 12.7. The van der Waals surface area contributed by atoms with Crippen molar-refractivity contribution in [1.82, 2.24) is 0 Å². The van der Waals surface area contributed by atoms with Gasteiger partial charge in [0, 0.05) is 11.1 Å². The fraction of sp³-hybridized carbons (Fsp3) is 0.250. The smallest absolute Gasteiger partial charge is 0.340 e. The Morgan fingerprint density at radius 3 is 1.81 bits per heavy atom. The van der Waals surface area contributed by atoms with Crippen molar-refractivity contribution in [3.63, 3.8) is 0 Å². The minimum absolute atomic E-state index is 0.399. The van der Waals surface area contributed by atoms with E-state index in [-0.39, 0.29) is 0 Å². The standard InChI is InChI=1S/C16H13F3O2/c17-16(18,19)14-8-6-13(7-9-14)15(20-10-11-21-15)12-4-2-1-3-5-12/h1-9H,10-11H2. The van der Waals surface area contributed by atoms with Crippen LogP contribution >= 0.6 is 0 Å². The molecule has 0 bridgehead atoms. The van der Waals surface area contributed by atoms with Gasteiger partial charge in [0.25, 0.3) is 0 Å². The molecule has 5 heteroatoms. The lowest BCUT2D eigenvalue weighted by Crippen LogP contribution is -2.28. The minimum Gasteiger partial charge on any atom is -0.340 e. The lowest BCUT2D eigenvalue weighted by atomic mass is 9.96. The molecule has 0 amide bonds. The summed E-state index contributed by atoms with van der Waals surface area (Å²) in [5.74, 6) is -1.12. The molecule has 0 aliphatic carbocycles. The highest BCUT2D eigenvalue weighted by atomic mass is 19.4. The van der Waals surface area contributed by atoms with E-state index >= 15 is 0 Å². The average molecular weight is 294 g/mol. The van der Waals surface area contributed by atoms with Gasteiger partial charge in [-0.25, -0.2) is 0 Å². The van der Waals surface area contributed by atoms with Crippen molar-refractivity contribution >= 4 is 0 Å². The van der Waals surface area contributed by atoms with Crippen LogP contribution in [0, 0.1) is 0 Å². The van der Waals surface area contributed by atoms with Gasteiger partial charge in [0.1, 0.15) is 0 Å². The molecule has 2 aromatic rings. The van der Waals surface area contributed by atoms with Gasteiger partial charge >= 0.3 is 6.18 Å². The molecule has 2 nitrogen and oxygen atoms in total. The van der Waals surface area contributed by atoms with Gasteiger partial charge in [0.2, 0.25) is 5.79 Å². The highest BCUT2D eigenvalue weighted by Gasteiger charge is 2.41. The van der Waals surface area contributed by atoms with E-state index in [1.165, 1.54) is 12.1 Å². The van der Waals surface area contributed by atoms with Crippen LogP contribution in [0.1, 0.15) is 16.7 Å². The maximum atomic E-state index is 12.7. The first-order valence-corrected chi connectivity index (χ1v) is 6.53. The zero-order valence-electron chi connectivity index (χ0n) is 11.1. The predicted octanol–water partition coefficient (Wildman–Crippen LogP) is 3.95. The van der Waals surface area contributed by atoms with Crippen LogP contribution in [0.2, 0.25) is 0 Å². The lowest BCUT2D eigenvalue weighted by Gasteiger charge is -2.28. The first-order chi connectivity index (χ1) is 10.0. The number of ether oxygens (including phenoxy) is 2. The molecule has 0 radical (unpaired) electrons. The minimum atomic E-state index is -4.35. The summed E-state index contributed by atoms with van der Waals surface area (Å²) in [6, 6.07) is 14.1. The van der Waals surface area contributed by atoms with Gasteiger partial charge in [-0.05, 0) is 12.1 Å². The Morgan fingerprint density at radius 2 is 1.29 bits per heavy atom. The van der Waals surface area contributed by atoms with Crippen molar-refractivity contribution in [2.24, 2.45) is 0 Å². The molecule has 21 heavy (non-hydrogen) atoms. The number of alkyl halides is 3. The van der Waals surface area contributed by atoms with E-state index in [2.05, 4.69) is 0 Å². The van der Waals surface area contributed by atoms with Crippen LogP contribution in [0.4, 0.5) is 13.2 Å². The van der Waals surface area contributed by atoms with Crippen LogP contribution in [0.5, 0.6) is 0 Å². The zero-order valence-corrected chi connectivity index (χ0v) is 11.1. The molecule has 1 heterocycles. The molecule has 0 atom stereocenters. The molecule has 1 aliphatic heterocycles. The van der Waals surface area contributed by atoms with Gasteiger partial charge < -0.3 is 9.47 Å². The molecule has 1 aliphatic rings. The van der Waals surface area contributed by atoms with Crippen LogP contribution in [-0.4, -0.2) is 13.2 Å². The maximum Gasteiger partial charge on any atom is 0.416 e. The lowest BCUT2D eigenvalue weighted by molar-refractivity contribution is -0.138. The van der Waals surface area contributed by atoms with Crippen molar-refractivity contribution in [2.45, 2.75) is 12.0 Å². The predicted molar refractivity (Wildman–Crippen MR) is 70.6 cm³/mol. The van der Waals surface area contributed by atoms with Crippen LogP contribution < -0.4 is 0 Å². The van der Waals surface area contributed by atoms with E-state index in [9.17, 15) is 13.2 Å². The van der Waals surface area contributed by atoms with Crippen LogP contribution in [0.25, 0.3) is 0 Å². The molecule has 1 saturated heterocycles. The normalized spacial score (nSPS) is 17.9. The summed E-state index contributed by atoms with van der Waals surface area (Å²) in [4.78, 5) is 0. The van der Waals surface area contributed by atoms with Gasteiger partial charge in [-0.3, -0.25) is 0 Å². The number of halogens is 3. The van der Waals surface area contributed by atoms with E-state index in [4.69, 9.17) is 9.47 Å². The van der Waals surface area contributed by atoms with Gasteiger partial charge in [0.15, 0.2) is 0 Å². The molecule has 0 aromatic heterocycles. The molecular formula is C16H13F3O2. The second-order valence-corrected chi connectivity index (χ2v) is 4.75. The summed E-state index contributed by atoms with van der Waals surface area (Å²) < 4.78 is 49.4. The molecule has 0 saturated carbocycles. The van der Waals surface area contributed by atoms with E-state index in [0.717, 1.165) is 17.7 Å². The number of rotatable bonds is 2. The second kappa shape index (κ2) is 5.16. The zero-order chi connectivity index (χ0) is 14.9. The van der Waals surface area contributed by atoms with Gasteiger partial charge in [-0.2, -0.15) is 13.2 Å². The molecule has 0 unspecified atom stereocenters. The SMILES string of the molecule is FC(F)(F)c1ccc(C2(c3ccccc3)OCCO2)cc1. The Hall–Kier alpha value is -1.85. The molecule has 110 valence electrons. The Labute approximate surface area is 120 Å². The monoisotopic (exact) mass is 294 g/mol. The number of benzene rings is 2. The summed E-state index contributed by atoms with van der Waals surface area (Å²) >= 11 is 0. The first kappa shape index (κ1) is 14.1. The van der Waals surface area contributed by atoms with Crippen molar-refractivity contribution in [3.05, 3.63) is 71.3 Å². The Bertz CT molecular complexity index is 600. The summed E-state index contributed by atoms with van der Waals surface area (Å²) in [6.45, 7) is 0.797. The molecule has 0 N–H and O–H groups in total. The highest BCUT2D eigenvalue weighted by Crippen LogP contribution is 2.39. The largest absolute Gasteiger partial charge is 0.416 e. The fourth-order valence-corrected chi connectivity index (χ4v) is 2.45. The Morgan fingerprint density at radius 1 is 0.762 bits per heavy atom. The summed E-state index contributed by atoms with van der Waals surface area (Å²) in [6.07, 6.45) is -4.35. The molecule has 0 spiro atoms. The summed E-state index contributed by atoms with van der Waals surface area (Å²) in [7, 11) is 0. The highest BCUT2D eigenvalue weighted by molar-refractivity contribution is 5.36. The Kier molecular flexibility index (Phi) is 3.47. The fourth-order valence-electron chi connectivity index (χ4n) is 2.45. The van der Waals surface area contributed by atoms with Crippen molar-refractivity contribution in [3.8, 4) is 0 Å². The second-order valence-electron chi connectivity index (χ2n) is 4.75. The molecule has 3 rings (SSSR count). The van der Waals surface area contributed by atoms with Crippen LogP contribution in [-0.2, 0) is 21.4 Å². The number of hydrogen-bond acceptors (Lipinski definition) is 2. The van der Waals surface area contributed by atoms with Gasteiger partial charge in [0.05, 0.1) is 18.8 Å². The van der Waals surface area contributed by atoms with E-state index in [1.807, 2.05) is 30.3 Å². The molecular weight excluding hydrogens is 281 g/mol. The topological polar surface area (TPSA) is 18.5 Å². The average Bonchev–Trinajstić information content (AvgIpc) is 2.98. The van der Waals surface area contributed by atoms with E-state index in [1.54, 1.807) is 0 Å². The third-order valence-corrected chi connectivity index (χ3v) is 3.44. The summed E-state index contributed by atoms with van der Waals surface area (Å²) in [5, 5.41) is 0. The quantitative estimate of drug-likeness (QED) is 0.835. The van der Waals surface area contributed by atoms with Gasteiger partial charge in [-0.1, -0.05) is 42.5 Å². The van der Waals surface area contributed by atoms with Crippen molar-refractivity contribution in [1.29, 1.82) is 0 Å².